The quantitative estimate of drug-likeness (QED) is 0.0146. The van der Waals surface area contributed by atoms with Gasteiger partial charge in [-0.1, -0.05) is 323 Å². The molecule has 16 nitrogen and oxygen atoms in total. The van der Waals surface area contributed by atoms with E-state index in [0.29, 0.717) is 19.3 Å². The van der Waals surface area contributed by atoms with E-state index in [1.165, 1.54) is 167 Å². The molecule has 4 N–H and O–H groups in total. The van der Waals surface area contributed by atoms with E-state index in [1.807, 2.05) is 0 Å². The summed E-state index contributed by atoms with van der Waals surface area (Å²) in [7, 11) is -9.78. The Balaban J connectivity index is 4.40. The van der Waals surface area contributed by atoms with Crippen LogP contribution in [-0.2, 0) is 55.8 Å². The summed E-state index contributed by atoms with van der Waals surface area (Å²) in [5, 5.41) is 20.6. The van der Waals surface area contributed by atoms with Crippen molar-refractivity contribution in [3.05, 3.63) is 97.2 Å². The summed E-state index contributed by atoms with van der Waals surface area (Å²) < 4.78 is 61.1. The number of phosphoric acid groups is 2. The van der Waals surface area contributed by atoms with Crippen molar-refractivity contribution in [3.8, 4) is 0 Å². The molecule has 18 heteroatoms. The second-order valence-electron chi connectivity index (χ2n) is 27.2. The van der Waals surface area contributed by atoms with E-state index >= 15 is 0 Å². The minimum absolute atomic E-state index is 0.105. The van der Waals surface area contributed by atoms with Crippen molar-refractivity contribution in [2.75, 3.05) is 39.6 Å². The molecule has 0 radical (unpaired) electrons. The van der Waals surface area contributed by atoms with Gasteiger partial charge in [0.2, 0.25) is 0 Å². The molecule has 0 aliphatic carbocycles. The van der Waals surface area contributed by atoms with Crippen molar-refractivity contribution in [2.24, 2.45) is 0 Å². The van der Waals surface area contributed by atoms with E-state index in [-0.39, 0.29) is 19.3 Å². The van der Waals surface area contributed by atoms with E-state index in [0.717, 1.165) is 128 Å². The van der Waals surface area contributed by atoms with Gasteiger partial charge in [0.05, 0.1) is 26.4 Å². The maximum atomic E-state index is 12.9. The minimum Gasteiger partial charge on any atom is -0.463 e. The lowest BCUT2D eigenvalue weighted by molar-refractivity contribution is -0.161. The van der Waals surface area contributed by atoms with Gasteiger partial charge in [0.15, 0.2) is 6.10 Å². The standard InChI is InChI=1S/C83H148O16P2/c1-4-7-10-13-16-19-22-24-26-28-30-32-34-35-36-37-38-39-40-41-43-45-46-48-50-52-55-57-60-63-66-69-81(86)93-72-78(84)73-95-100(89,90)96-74-79(85)75-97-101(91,92)98-77-80(99-83(88)71-68-65-62-59-54-21-18-15-12-9-6-3)76-94-82(87)70-67-64-61-58-56-53-51-49-47-44-42-33-31-29-27-25-23-20-17-14-11-8-5-2/h16-17,19-20,24-27,30-33,35-36,44,47,78-80,84-85H,4-15,18,21-23,28-29,34,37-43,45-46,48-77H2,1-3H3,(H,89,90)(H,91,92)/b19-16-,20-17-,26-24-,27-25-,32-30-,33-31-,36-35-,47-44-. The zero-order valence-corrected chi connectivity index (χ0v) is 65.9. The van der Waals surface area contributed by atoms with Gasteiger partial charge < -0.3 is 34.2 Å². The van der Waals surface area contributed by atoms with Crippen LogP contribution in [0.4, 0.5) is 0 Å². The highest BCUT2D eigenvalue weighted by molar-refractivity contribution is 7.47. The highest BCUT2D eigenvalue weighted by Crippen LogP contribution is 2.45. The number of phosphoric ester groups is 2. The number of carbonyl (C=O) groups excluding carboxylic acids is 3. The monoisotopic (exact) mass is 1460 g/mol. The van der Waals surface area contributed by atoms with Crippen LogP contribution in [0.3, 0.4) is 0 Å². The molecule has 0 heterocycles. The second-order valence-corrected chi connectivity index (χ2v) is 30.1. The topological polar surface area (TPSA) is 231 Å². The van der Waals surface area contributed by atoms with E-state index in [1.54, 1.807) is 0 Å². The molecule has 0 aliphatic rings. The van der Waals surface area contributed by atoms with E-state index < -0.39 is 91.5 Å². The van der Waals surface area contributed by atoms with Gasteiger partial charge >= 0.3 is 33.6 Å². The summed E-state index contributed by atoms with van der Waals surface area (Å²) in [6, 6.07) is 0. The molecule has 0 aromatic carbocycles. The first-order valence-corrected chi connectivity index (χ1v) is 43.5. The maximum Gasteiger partial charge on any atom is 0.472 e. The molecule has 5 atom stereocenters. The molecule has 586 valence electrons. The molecule has 0 amide bonds. The molecular weight excluding hydrogens is 1310 g/mol. The van der Waals surface area contributed by atoms with Gasteiger partial charge in [0.25, 0.3) is 0 Å². The summed E-state index contributed by atoms with van der Waals surface area (Å²) in [4.78, 5) is 58.6. The van der Waals surface area contributed by atoms with Gasteiger partial charge in [-0.05, 0) is 109 Å². The Kier molecular flexibility index (Phi) is 73.5. The summed E-state index contributed by atoms with van der Waals surface area (Å²) in [6.45, 7) is 2.64. The lowest BCUT2D eigenvalue weighted by Gasteiger charge is -2.21. The first kappa shape index (κ1) is 97.5. The van der Waals surface area contributed by atoms with Gasteiger partial charge in [0, 0.05) is 19.3 Å². The maximum absolute atomic E-state index is 12.9. The number of carbonyl (C=O) groups is 3. The molecule has 0 aliphatic heterocycles. The van der Waals surface area contributed by atoms with Gasteiger partial charge in [-0.3, -0.25) is 32.5 Å². The van der Waals surface area contributed by atoms with Crippen LogP contribution < -0.4 is 0 Å². The van der Waals surface area contributed by atoms with Crippen molar-refractivity contribution in [2.45, 2.75) is 373 Å². The predicted octanol–water partition coefficient (Wildman–Crippen LogP) is 23.8. The number of esters is 3. The SMILES string of the molecule is CCCCC/C=C\C/C=C\C/C=C\C/C=C\CCCCCCCCCCCCCCCCCC(=O)OCC(O)COP(=O)(O)OCC(O)COP(=O)(O)OCC(COC(=O)CCCCCCCCC/C=C\C/C=C\C/C=C\C/C=C\CCCCC)OC(=O)CCCCCCCCCCCCC. The molecule has 5 unspecified atom stereocenters. The molecule has 0 bridgehead atoms. The highest BCUT2D eigenvalue weighted by atomic mass is 31.2. The van der Waals surface area contributed by atoms with Gasteiger partial charge in [0.1, 0.15) is 25.4 Å². The van der Waals surface area contributed by atoms with Crippen molar-refractivity contribution in [1.29, 1.82) is 0 Å². The smallest absolute Gasteiger partial charge is 0.463 e. The van der Waals surface area contributed by atoms with Crippen molar-refractivity contribution in [3.63, 3.8) is 0 Å². The fourth-order valence-electron chi connectivity index (χ4n) is 11.1. The molecule has 0 spiro atoms. The van der Waals surface area contributed by atoms with Crippen LogP contribution in [0.5, 0.6) is 0 Å². The van der Waals surface area contributed by atoms with Gasteiger partial charge in [-0.2, -0.15) is 0 Å². The molecule has 0 fully saturated rings. The van der Waals surface area contributed by atoms with Crippen LogP contribution in [-0.4, -0.2) is 95.9 Å². The van der Waals surface area contributed by atoms with Crippen LogP contribution >= 0.6 is 15.6 Å². The summed E-state index contributed by atoms with van der Waals surface area (Å²) in [5.74, 6) is -1.57. The number of allylic oxidation sites excluding steroid dienone is 16. The van der Waals surface area contributed by atoms with E-state index in [9.17, 15) is 43.5 Å². The fourth-order valence-corrected chi connectivity index (χ4v) is 12.7. The number of hydrogen-bond donors (Lipinski definition) is 4. The second kappa shape index (κ2) is 76.1. The largest absolute Gasteiger partial charge is 0.472 e. The third-order valence-electron chi connectivity index (χ3n) is 17.3. The zero-order chi connectivity index (χ0) is 73.7. The molecular formula is C83H148O16P2. The van der Waals surface area contributed by atoms with Crippen LogP contribution in [0.2, 0.25) is 0 Å². The molecule has 0 aromatic heterocycles. The molecule has 0 aromatic rings. The molecule has 0 rings (SSSR count). The number of aliphatic hydroxyl groups excluding tert-OH is 2. The Hall–Kier alpha value is -3.53. The molecule has 101 heavy (non-hydrogen) atoms. The first-order chi connectivity index (χ1) is 49.2. The normalized spacial score (nSPS) is 14.5. The average molecular weight is 1460 g/mol. The first-order valence-electron chi connectivity index (χ1n) is 40.5. The van der Waals surface area contributed by atoms with Gasteiger partial charge in [-0.25, -0.2) is 9.13 Å². The Morgan fingerprint density at radius 3 is 0.802 bits per heavy atom. The van der Waals surface area contributed by atoms with Crippen molar-refractivity contribution >= 4 is 33.6 Å². The lowest BCUT2D eigenvalue weighted by atomic mass is 10.0. The Morgan fingerprint density at radius 2 is 0.495 bits per heavy atom. The van der Waals surface area contributed by atoms with Crippen LogP contribution in [0.1, 0.15) is 355 Å². The highest BCUT2D eigenvalue weighted by Gasteiger charge is 2.29. The predicted molar refractivity (Wildman–Crippen MR) is 417 cm³/mol. The van der Waals surface area contributed by atoms with Crippen LogP contribution in [0, 0.1) is 0 Å². The average Bonchev–Trinajstić information content (AvgIpc) is 0.947. The zero-order valence-electron chi connectivity index (χ0n) is 64.1. The van der Waals surface area contributed by atoms with E-state index in [4.69, 9.17) is 32.3 Å². The van der Waals surface area contributed by atoms with Crippen LogP contribution in [0.25, 0.3) is 0 Å². The number of ether oxygens (including phenoxy) is 3. The van der Waals surface area contributed by atoms with E-state index in [2.05, 4.69) is 118 Å². The summed E-state index contributed by atoms with van der Waals surface area (Å²) in [6.07, 6.45) is 87.6. The Labute approximate surface area is 616 Å². The number of rotatable bonds is 77. The van der Waals surface area contributed by atoms with Gasteiger partial charge in [-0.15, -0.1) is 0 Å². The number of hydrogen-bond acceptors (Lipinski definition) is 14. The summed E-state index contributed by atoms with van der Waals surface area (Å²) in [5.41, 5.74) is 0. The molecule has 0 saturated carbocycles. The van der Waals surface area contributed by atoms with Crippen molar-refractivity contribution < 1.29 is 75.8 Å². The third kappa shape index (κ3) is 77.4. The molecule has 0 saturated heterocycles. The lowest BCUT2D eigenvalue weighted by Crippen LogP contribution is -2.30. The van der Waals surface area contributed by atoms with Crippen molar-refractivity contribution in [1.82, 2.24) is 0 Å². The number of aliphatic hydroxyl groups is 2. The Morgan fingerprint density at radius 1 is 0.277 bits per heavy atom. The number of unbranched alkanes of at least 4 members (excludes halogenated alkanes) is 38. The van der Waals surface area contributed by atoms with Crippen LogP contribution in [0.15, 0.2) is 97.2 Å². The summed E-state index contributed by atoms with van der Waals surface area (Å²) >= 11 is 0. The third-order valence-corrected chi connectivity index (χ3v) is 19.2. The minimum atomic E-state index is -4.93. The fraction of sp³-hybridized carbons (Fsp3) is 0.771. The Bertz CT molecular complexity index is 2220.